The second-order valence-corrected chi connectivity index (χ2v) is 8.48. The van der Waals surface area contributed by atoms with Gasteiger partial charge in [0.05, 0.1) is 12.8 Å². The van der Waals surface area contributed by atoms with Crippen molar-refractivity contribution in [2.75, 3.05) is 19.3 Å². The van der Waals surface area contributed by atoms with Crippen LogP contribution in [0.25, 0.3) is 0 Å². The molecule has 1 saturated heterocycles. The van der Waals surface area contributed by atoms with Crippen LogP contribution in [0.3, 0.4) is 0 Å². The Balaban J connectivity index is 2.36. The summed E-state index contributed by atoms with van der Waals surface area (Å²) in [6, 6.07) is -1.06. The molecule has 2 atom stereocenters. The molecule has 1 saturated carbocycles. The molecule has 0 bridgehead atoms. The summed E-state index contributed by atoms with van der Waals surface area (Å²) >= 11 is 0. The number of carbonyl (C=O) groups excluding carboxylic acids is 3. The molecule has 136 valence electrons. The number of sulfonamides is 1. The molecule has 1 unspecified atom stereocenters. The molecule has 0 aromatic heterocycles. The minimum Gasteiger partial charge on any atom is -0.369 e. The Morgan fingerprint density at radius 3 is 2.38 bits per heavy atom. The second kappa shape index (κ2) is 7.60. The van der Waals surface area contributed by atoms with E-state index in [1.807, 2.05) is 0 Å². The van der Waals surface area contributed by atoms with Gasteiger partial charge >= 0.3 is 0 Å². The molecule has 1 aliphatic carbocycles. The fraction of sp³-hybridized carbons (Fsp3) is 0.800. The zero-order valence-corrected chi connectivity index (χ0v) is 14.7. The number of rotatable bonds is 5. The third-order valence-corrected chi connectivity index (χ3v) is 5.95. The van der Waals surface area contributed by atoms with Crippen molar-refractivity contribution in [2.45, 2.75) is 44.6 Å². The van der Waals surface area contributed by atoms with E-state index in [4.69, 9.17) is 5.73 Å². The van der Waals surface area contributed by atoms with Crippen LogP contribution in [0.15, 0.2) is 0 Å². The van der Waals surface area contributed by atoms with Crippen LogP contribution < -0.4 is 11.1 Å². The van der Waals surface area contributed by atoms with E-state index in [0.29, 0.717) is 30.1 Å². The Morgan fingerprint density at radius 1 is 1.21 bits per heavy atom. The van der Waals surface area contributed by atoms with Crippen molar-refractivity contribution in [1.29, 1.82) is 0 Å². The molecule has 0 aromatic carbocycles. The standard InChI is InChI=1S/C15H25N3O5S/c1-24(22,23)18(11-7-4-8-17-9-12(11)19)15(21)13(14(16)20)10-5-2-3-6-10/h10-11,13,17H,2-9H2,1H3,(H2,16,20)/t11?,13-/m0/s1. The third-order valence-electron chi connectivity index (χ3n) is 4.80. The molecule has 24 heavy (non-hydrogen) atoms. The average Bonchev–Trinajstić information content (AvgIpc) is 2.89. The molecular weight excluding hydrogens is 334 g/mol. The van der Waals surface area contributed by atoms with Crippen LogP contribution in [0.4, 0.5) is 0 Å². The zero-order valence-electron chi connectivity index (χ0n) is 13.9. The van der Waals surface area contributed by atoms with E-state index in [1.165, 1.54) is 0 Å². The Morgan fingerprint density at radius 2 is 1.83 bits per heavy atom. The van der Waals surface area contributed by atoms with Gasteiger partial charge in [0, 0.05) is 0 Å². The lowest BCUT2D eigenvalue weighted by Crippen LogP contribution is -2.54. The maximum atomic E-state index is 12.9. The first-order chi connectivity index (χ1) is 11.2. The Hall–Kier alpha value is -1.48. The van der Waals surface area contributed by atoms with Crippen LogP contribution in [-0.4, -0.2) is 55.7 Å². The topological polar surface area (TPSA) is 127 Å². The molecule has 2 aliphatic rings. The molecule has 1 aliphatic heterocycles. The molecular formula is C15H25N3O5S. The van der Waals surface area contributed by atoms with Crippen LogP contribution in [0.2, 0.25) is 0 Å². The summed E-state index contributed by atoms with van der Waals surface area (Å²) in [4.78, 5) is 37.1. The van der Waals surface area contributed by atoms with Crippen molar-refractivity contribution in [1.82, 2.24) is 9.62 Å². The molecule has 1 heterocycles. The van der Waals surface area contributed by atoms with Gasteiger partial charge in [0.25, 0.3) is 0 Å². The number of nitrogens with zero attached hydrogens (tertiary/aromatic N) is 1. The van der Waals surface area contributed by atoms with Crippen molar-refractivity contribution in [3.63, 3.8) is 0 Å². The molecule has 2 amide bonds. The summed E-state index contributed by atoms with van der Waals surface area (Å²) in [5, 5.41) is 2.91. The maximum absolute atomic E-state index is 12.9. The molecule has 3 N–H and O–H groups in total. The van der Waals surface area contributed by atoms with Crippen LogP contribution in [0.1, 0.15) is 38.5 Å². The minimum atomic E-state index is -3.99. The highest BCUT2D eigenvalue weighted by Gasteiger charge is 2.44. The number of nitrogens with two attached hydrogens (primary N) is 1. The van der Waals surface area contributed by atoms with Gasteiger partial charge in [0.2, 0.25) is 21.8 Å². The van der Waals surface area contributed by atoms with Crippen molar-refractivity contribution >= 4 is 27.6 Å². The van der Waals surface area contributed by atoms with Crippen LogP contribution in [-0.2, 0) is 24.4 Å². The van der Waals surface area contributed by atoms with Gasteiger partial charge in [-0.05, 0) is 38.1 Å². The zero-order chi connectivity index (χ0) is 17.9. The number of amides is 2. The number of ketones is 1. The summed E-state index contributed by atoms with van der Waals surface area (Å²) in [7, 11) is -3.99. The fourth-order valence-electron chi connectivity index (χ4n) is 3.69. The lowest BCUT2D eigenvalue weighted by atomic mass is 9.89. The highest BCUT2D eigenvalue weighted by atomic mass is 32.2. The van der Waals surface area contributed by atoms with E-state index in [1.54, 1.807) is 0 Å². The number of primary amides is 1. The predicted molar refractivity (Wildman–Crippen MR) is 87.2 cm³/mol. The van der Waals surface area contributed by atoms with Crippen molar-refractivity contribution < 1.29 is 22.8 Å². The Kier molecular flexibility index (Phi) is 5.97. The second-order valence-electron chi connectivity index (χ2n) is 6.62. The van der Waals surface area contributed by atoms with E-state index >= 15 is 0 Å². The molecule has 0 aromatic rings. The monoisotopic (exact) mass is 359 g/mol. The van der Waals surface area contributed by atoms with E-state index in [9.17, 15) is 22.8 Å². The van der Waals surface area contributed by atoms with Crippen LogP contribution in [0.5, 0.6) is 0 Å². The SMILES string of the molecule is CS(=O)(=O)N(C(=O)[C@H](C(N)=O)C1CCCC1)C1CCCNCC1=O. The van der Waals surface area contributed by atoms with Crippen molar-refractivity contribution in [3.05, 3.63) is 0 Å². The first-order valence-corrected chi connectivity index (χ1v) is 10.1. The van der Waals surface area contributed by atoms with E-state index < -0.39 is 33.8 Å². The number of hydrogen-bond donors (Lipinski definition) is 2. The van der Waals surface area contributed by atoms with Crippen molar-refractivity contribution in [2.24, 2.45) is 17.6 Å². The van der Waals surface area contributed by atoms with Gasteiger partial charge in [-0.1, -0.05) is 12.8 Å². The molecule has 2 rings (SSSR count). The lowest BCUT2D eigenvalue weighted by molar-refractivity contribution is -0.143. The average molecular weight is 359 g/mol. The maximum Gasteiger partial charge on any atom is 0.249 e. The first kappa shape index (κ1) is 18.9. The van der Waals surface area contributed by atoms with Gasteiger partial charge in [-0.2, -0.15) is 0 Å². The van der Waals surface area contributed by atoms with Crippen LogP contribution in [0, 0.1) is 11.8 Å². The summed E-state index contributed by atoms with van der Waals surface area (Å²) in [6.07, 6.45) is 4.80. The number of nitrogens with one attached hydrogen (secondary N) is 1. The van der Waals surface area contributed by atoms with E-state index in [2.05, 4.69) is 5.32 Å². The summed E-state index contributed by atoms with van der Waals surface area (Å²) < 4.78 is 25.1. The predicted octanol–water partition coefficient (Wildman–Crippen LogP) is -0.613. The van der Waals surface area contributed by atoms with Crippen LogP contribution >= 0.6 is 0 Å². The van der Waals surface area contributed by atoms with Gasteiger partial charge in [-0.25, -0.2) is 12.7 Å². The van der Waals surface area contributed by atoms with Gasteiger partial charge in [0.1, 0.15) is 12.0 Å². The fourth-order valence-corrected chi connectivity index (χ4v) is 4.82. The van der Waals surface area contributed by atoms with Gasteiger partial charge < -0.3 is 11.1 Å². The van der Waals surface area contributed by atoms with Gasteiger partial charge in [-0.3, -0.25) is 14.4 Å². The highest BCUT2D eigenvalue weighted by Crippen LogP contribution is 2.33. The number of hydrogen-bond acceptors (Lipinski definition) is 6. The molecule has 8 nitrogen and oxygen atoms in total. The molecule has 2 fully saturated rings. The number of carbonyl (C=O) groups is 3. The van der Waals surface area contributed by atoms with E-state index in [-0.39, 0.29) is 24.7 Å². The first-order valence-electron chi connectivity index (χ1n) is 8.29. The van der Waals surface area contributed by atoms with Gasteiger partial charge in [-0.15, -0.1) is 0 Å². The normalized spacial score (nSPS) is 24.4. The van der Waals surface area contributed by atoms with E-state index in [0.717, 1.165) is 19.1 Å². The summed E-state index contributed by atoms with van der Waals surface area (Å²) in [6.45, 7) is 0.588. The lowest BCUT2D eigenvalue weighted by Gasteiger charge is -2.32. The Bertz CT molecular complexity index is 613. The third kappa shape index (κ3) is 4.13. The molecule has 0 spiro atoms. The number of Topliss-reactive ketones (excluding diaryl/α,β-unsaturated/α-hetero) is 1. The molecule has 0 radical (unpaired) electrons. The smallest absolute Gasteiger partial charge is 0.249 e. The highest BCUT2D eigenvalue weighted by molar-refractivity contribution is 7.89. The summed E-state index contributed by atoms with van der Waals surface area (Å²) in [5.74, 6) is -3.47. The summed E-state index contributed by atoms with van der Waals surface area (Å²) in [5.41, 5.74) is 5.42. The largest absolute Gasteiger partial charge is 0.369 e. The van der Waals surface area contributed by atoms with Gasteiger partial charge in [0.15, 0.2) is 5.78 Å². The quantitative estimate of drug-likeness (QED) is 0.630. The minimum absolute atomic E-state index is 0.00856. The van der Waals surface area contributed by atoms with Crippen molar-refractivity contribution in [3.8, 4) is 0 Å². The molecule has 9 heteroatoms. The Labute approximate surface area is 142 Å².